The zero-order chi connectivity index (χ0) is 36.5. The number of β-amino-alcohol motifs (C(OH)–C–C–N with tert-alkyl or cyclic N) is 1. The molecule has 276 valence electrons. The Balaban J connectivity index is 1.84. The number of carbonyl (C=O) groups excluding carboxylic acids is 6. The molecule has 5 amide bonds. The van der Waals surface area contributed by atoms with Gasteiger partial charge in [0.25, 0.3) is 11.8 Å². The first kappa shape index (κ1) is 38.8. The summed E-state index contributed by atoms with van der Waals surface area (Å²) in [7, 11) is 1.49. The first-order valence-corrected chi connectivity index (χ1v) is 17.9. The highest BCUT2D eigenvalue weighted by Crippen LogP contribution is 2.29. The number of amides is 5. The van der Waals surface area contributed by atoms with Crippen LogP contribution in [0.25, 0.3) is 0 Å². The van der Waals surface area contributed by atoms with Crippen LogP contribution in [0.1, 0.15) is 74.1 Å². The maximum Gasteiger partial charge on any atom is 0.329 e. The summed E-state index contributed by atoms with van der Waals surface area (Å²) in [6.07, 6.45) is -1.77. The molecule has 0 spiro atoms. The molecule has 4 fully saturated rings. The number of hydrazine groups is 2. The van der Waals surface area contributed by atoms with E-state index in [0.29, 0.717) is 6.42 Å². The lowest BCUT2D eigenvalue weighted by molar-refractivity contribution is -0.175. The van der Waals surface area contributed by atoms with Crippen LogP contribution in [0.5, 0.6) is 0 Å². The van der Waals surface area contributed by atoms with Crippen LogP contribution >= 0.6 is 11.6 Å². The first-order chi connectivity index (χ1) is 22.9. The van der Waals surface area contributed by atoms with Crippen molar-refractivity contribution in [3.63, 3.8) is 0 Å². The Bertz CT molecular complexity index is 1280. The number of aliphatic hydroxyl groups excluding tert-OH is 1. The lowest BCUT2D eigenvalue weighted by Crippen LogP contribution is -2.70. The van der Waals surface area contributed by atoms with Crippen LogP contribution in [-0.4, -0.2) is 135 Å². The summed E-state index contributed by atoms with van der Waals surface area (Å²) in [5.41, 5.74) is 5.79. The lowest BCUT2D eigenvalue weighted by Gasteiger charge is -2.45. The zero-order valence-corrected chi connectivity index (χ0v) is 30.6. The van der Waals surface area contributed by atoms with Gasteiger partial charge in [-0.25, -0.2) is 15.6 Å². The van der Waals surface area contributed by atoms with Gasteiger partial charge in [-0.1, -0.05) is 48.5 Å². The summed E-state index contributed by atoms with van der Waals surface area (Å²) in [6, 6.07) is -5.45. The van der Waals surface area contributed by atoms with Crippen molar-refractivity contribution < 1.29 is 38.6 Å². The average Bonchev–Trinajstić information content (AvgIpc) is 3.43. The predicted octanol–water partition coefficient (Wildman–Crippen LogP) is -0.00200. The molecule has 49 heavy (non-hydrogen) atoms. The molecule has 4 saturated heterocycles. The number of hydrogen-bond donors (Lipinski definition) is 4. The fraction of sp³-hybridized carbons (Fsp3) is 0.818. The van der Waals surface area contributed by atoms with Crippen LogP contribution in [0.3, 0.4) is 0 Å². The van der Waals surface area contributed by atoms with Crippen molar-refractivity contribution in [3.8, 4) is 0 Å². The van der Waals surface area contributed by atoms with Gasteiger partial charge in [-0.05, 0) is 42.9 Å². The number of halogens is 1. The molecule has 4 N–H and O–H groups in total. The zero-order valence-electron chi connectivity index (χ0n) is 29.8. The summed E-state index contributed by atoms with van der Waals surface area (Å²) < 4.78 is 5.84. The van der Waals surface area contributed by atoms with Crippen LogP contribution < -0.4 is 16.2 Å². The minimum Gasteiger partial charge on any atom is -0.450 e. The minimum absolute atomic E-state index is 0.0234. The second kappa shape index (κ2) is 15.9. The lowest BCUT2D eigenvalue weighted by atomic mass is 9.97. The van der Waals surface area contributed by atoms with Crippen LogP contribution in [0.4, 0.5) is 0 Å². The molecule has 9 atom stereocenters. The number of cyclic esters (lactones) is 1. The van der Waals surface area contributed by atoms with Crippen LogP contribution in [0, 0.1) is 23.7 Å². The van der Waals surface area contributed by atoms with Crippen molar-refractivity contribution in [2.24, 2.45) is 23.7 Å². The molecule has 0 aromatic carbocycles. The maximum atomic E-state index is 14.4. The Morgan fingerprint density at radius 2 is 1.43 bits per heavy atom. The highest BCUT2D eigenvalue weighted by molar-refractivity contribution is 6.21. The predicted molar refractivity (Wildman–Crippen MR) is 179 cm³/mol. The van der Waals surface area contributed by atoms with E-state index in [0.717, 1.165) is 10.0 Å². The molecule has 0 saturated carbocycles. The molecule has 4 heterocycles. The van der Waals surface area contributed by atoms with E-state index >= 15 is 0 Å². The van der Waals surface area contributed by atoms with Crippen molar-refractivity contribution in [1.82, 2.24) is 36.0 Å². The monoisotopic (exact) mass is 711 g/mol. The van der Waals surface area contributed by atoms with Crippen LogP contribution in [0.2, 0.25) is 0 Å². The molecule has 0 aliphatic carbocycles. The normalized spacial score (nSPS) is 34.5. The summed E-state index contributed by atoms with van der Waals surface area (Å²) >= 11 is 6.50. The van der Waals surface area contributed by atoms with Gasteiger partial charge in [0.15, 0.2) is 6.10 Å². The third-order valence-electron chi connectivity index (χ3n) is 9.82. The number of rotatable bonds is 4. The van der Waals surface area contributed by atoms with Gasteiger partial charge in [0, 0.05) is 33.1 Å². The van der Waals surface area contributed by atoms with Gasteiger partial charge >= 0.3 is 5.97 Å². The molecule has 9 unspecified atom stereocenters. The molecule has 0 aromatic heterocycles. The van der Waals surface area contributed by atoms with Gasteiger partial charge in [0.1, 0.15) is 30.2 Å². The van der Waals surface area contributed by atoms with Crippen molar-refractivity contribution >= 4 is 47.1 Å². The van der Waals surface area contributed by atoms with E-state index in [1.165, 1.54) is 16.8 Å². The van der Waals surface area contributed by atoms with Crippen molar-refractivity contribution in [1.29, 1.82) is 0 Å². The minimum atomic E-state index is -1.33. The number of likely N-dealkylation sites (N-methyl/N-ethyl adjacent to an activating group) is 1. The number of esters is 1. The van der Waals surface area contributed by atoms with E-state index < -0.39 is 95.1 Å². The summed E-state index contributed by atoms with van der Waals surface area (Å²) in [4.78, 5) is 87.7. The molecule has 15 nitrogen and oxygen atoms in total. The molecule has 4 rings (SSSR count). The van der Waals surface area contributed by atoms with Crippen molar-refractivity contribution in [2.45, 2.75) is 122 Å². The summed E-state index contributed by atoms with van der Waals surface area (Å²) in [6.45, 7) is 13.0. The van der Waals surface area contributed by atoms with Crippen molar-refractivity contribution in [3.05, 3.63) is 0 Å². The third-order valence-corrected chi connectivity index (χ3v) is 10.2. The van der Waals surface area contributed by atoms with Crippen LogP contribution in [-0.2, 0) is 33.5 Å². The number of nitrogens with one attached hydrogen (secondary N) is 3. The molecule has 16 heteroatoms. The summed E-state index contributed by atoms with van der Waals surface area (Å²) in [5, 5.41) is 15.1. The number of alkyl halides is 1. The molecule has 0 bridgehead atoms. The Hall–Kier alpha value is -3.01. The topological polar surface area (TPSA) is 181 Å². The number of carbonyl (C=O) groups is 6. The number of hydrogen-bond acceptors (Lipinski definition) is 10. The molecule has 4 aliphatic rings. The van der Waals surface area contributed by atoms with E-state index in [1.54, 1.807) is 27.7 Å². The standard InChI is InChI=1S/C33H54ClN7O8/c1-16(2)9-23-30(45)39-15-19(7)10-22(39)28(43)37-26(17(3)4)33(48)49-27(18(5)6)32(47)41-24(11-20(34)13-35-41)31(46)40-25(29(44)38(23)8)12-21(42)14-36-40/h16-27,35-36,42H,9-15H2,1-8H3,(H,37,43). The maximum absolute atomic E-state index is 14.4. The van der Waals surface area contributed by atoms with Gasteiger partial charge in [-0.2, -0.15) is 0 Å². The largest absolute Gasteiger partial charge is 0.450 e. The van der Waals surface area contributed by atoms with E-state index in [-0.39, 0.29) is 50.7 Å². The summed E-state index contributed by atoms with van der Waals surface area (Å²) in [5.74, 6) is -4.68. The Morgan fingerprint density at radius 3 is 2.04 bits per heavy atom. The highest BCUT2D eigenvalue weighted by atomic mass is 35.5. The first-order valence-electron chi connectivity index (χ1n) is 17.5. The van der Waals surface area contributed by atoms with E-state index in [2.05, 4.69) is 16.2 Å². The smallest absolute Gasteiger partial charge is 0.329 e. The molecule has 4 aliphatic heterocycles. The van der Waals surface area contributed by atoms with Gasteiger partial charge in [-0.3, -0.25) is 34.0 Å². The molecule has 0 aromatic rings. The Labute approximate surface area is 293 Å². The Morgan fingerprint density at radius 1 is 0.816 bits per heavy atom. The number of ether oxygens (including phenoxy) is 1. The van der Waals surface area contributed by atoms with E-state index in [1.807, 2.05) is 20.8 Å². The number of fused-ring (bicyclic) bond motifs is 3. The quantitative estimate of drug-likeness (QED) is 0.229. The highest BCUT2D eigenvalue weighted by Gasteiger charge is 2.49. The van der Waals surface area contributed by atoms with E-state index in [4.69, 9.17) is 16.3 Å². The fourth-order valence-corrected chi connectivity index (χ4v) is 7.33. The molecular weight excluding hydrogens is 658 g/mol. The molecule has 0 radical (unpaired) electrons. The van der Waals surface area contributed by atoms with Crippen LogP contribution in [0.15, 0.2) is 0 Å². The number of aliphatic hydroxyl groups is 1. The van der Waals surface area contributed by atoms with Gasteiger partial charge in [0.2, 0.25) is 17.7 Å². The molecular formula is C33H54ClN7O8. The average molecular weight is 712 g/mol. The van der Waals surface area contributed by atoms with Gasteiger partial charge < -0.3 is 25.0 Å². The van der Waals surface area contributed by atoms with E-state index in [9.17, 15) is 33.9 Å². The number of nitrogens with zero attached hydrogens (tertiary/aromatic N) is 4. The third kappa shape index (κ3) is 8.49. The SMILES string of the molecule is CC(C)CC1C(=O)N2CC(C)CC2C(=O)NC(C(C)C)C(=O)OC(C(C)C)C(=O)N2NCC(Cl)CC2C(=O)N2NCC(O)CC2C(=O)N1C. The van der Waals surface area contributed by atoms with Gasteiger partial charge in [-0.15, -0.1) is 11.6 Å². The Kier molecular flexibility index (Phi) is 12.6. The van der Waals surface area contributed by atoms with Crippen molar-refractivity contribution in [2.75, 3.05) is 26.7 Å². The fourth-order valence-electron chi connectivity index (χ4n) is 7.09. The second-order valence-electron chi connectivity index (χ2n) is 15.2. The van der Waals surface area contributed by atoms with Gasteiger partial charge in [0.05, 0.1) is 11.5 Å². The second-order valence-corrected chi connectivity index (χ2v) is 15.8.